The molecule has 2 rings (SSSR count). The number of aromatic nitrogens is 1. The molecule has 0 atom stereocenters. The van der Waals surface area contributed by atoms with Gasteiger partial charge in [-0.3, -0.25) is 0 Å². The van der Waals surface area contributed by atoms with Crippen LogP contribution in [0.25, 0.3) is 17.0 Å². The van der Waals surface area contributed by atoms with Crippen LogP contribution in [0.15, 0.2) is 42.5 Å². The maximum Gasteiger partial charge on any atom is 0.349 e. The summed E-state index contributed by atoms with van der Waals surface area (Å²) in [6, 6.07) is 8.86. The molecule has 0 unspecified atom stereocenters. The molecule has 0 bridgehead atoms. The zero-order chi connectivity index (χ0) is 16.8. The smallest absolute Gasteiger partial charge is 0.349 e. The fraction of sp³-hybridized carbons (Fsp3) is 0.118. The molecule has 0 aliphatic carbocycles. The standard InChI is InChI=1S/C17H13ClN2O3/c1-3-6-23-17(21)13(10-19)8-12-7-11-9-14(22-2)4-5-15(11)20-16(12)18/h3-5,7-9H,1,6H2,2H3/b13-8+. The minimum Gasteiger partial charge on any atom is -0.497 e. The maximum atomic E-state index is 11.8. The molecule has 0 saturated heterocycles. The Labute approximate surface area is 138 Å². The average Bonchev–Trinajstić information content (AvgIpc) is 2.57. The van der Waals surface area contributed by atoms with Gasteiger partial charge < -0.3 is 9.47 Å². The third kappa shape index (κ3) is 3.87. The largest absolute Gasteiger partial charge is 0.497 e. The van der Waals surface area contributed by atoms with Gasteiger partial charge in [0.2, 0.25) is 0 Å². The Morgan fingerprint density at radius 1 is 1.48 bits per heavy atom. The van der Waals surface area contributed by atoms with Gasteiger partial charge in [-0.15, -0.1) is 0 Å². The van der Waals surface area contributed by atoms with Crippen molar-refractivity contribution in [3.05, 3.63) is 53.2 Å². The molecule has 1 aromatic carbocycles. The zero-order valence-electron chi connectivity index (χ0n) is 12.4. The molecule has 0 amide bonds. The van der Waals surface area contributed by atoms with Crippen molar-refractivity contribution in [1.82, 2.24) is 4.98 Å². The number of hydrogen-bond donors (Lipinski definition) is 0. The molecule has 2 aromatic rings. The molecule has 0 aliphatic heterocycles. The van der Waals surface area contributed by atoms with E-state index in [0.717, 1.165) is 5.39 Å². The molecule has 0 radical (unpaired) electrons. The number of carbonyl (C=O) groups excluding carboxylic acids is 1. The number of esters is 1. The van der Waals surface area contributed by atoms with Gasteiger partial charge in [-0.05, 0) is 30.3 Å². The first-order valence-electron chi connectivity index (χ1n) is 6.63. The average molecular weight is 329 g/mol. The van der Waals surface area contributed by atoms with Gasteiger partial charge in [0.05, 0.1) is 12.6 Å². The highest BCUT2D eigenvalue weighted by molar-refractivity contribution is 6.31. The van der Waals surface area contributed by atoms with Crippen LogP contribution in [0.1, 0.15) is 5.56 Å². The first kappa shape index (κ1) is 16.5. The summed E-state index contributed by atoms with van der Waals surface area (Å²) in [5, 5.41) is 10.1. The number of nitrogens with zero attached hydrogens (tertiary/aromatic N) is 2. The van der Waals surface area contributed by atoms with Crippen molar-refractivity contribution < 1.29 is 14.3 Å². The molecule has 1 aromatic heterocycles. The van der Waals surface area contributed by atoms with Gasteiger partial charge in [-0.2, -0.15) is 5.26 Å². The van der Waals surface area contributed by atoms with Gasteiger partial charge in [0, 0.05) is 10.9 Å². The molecular formula is C17H13ClN2O3. The van der Waals surface area contributed by atoms with E-state index in [1.54, 1.807) is 37.4 Å². The highest BCUT2D eigenvalue weighted by Gasteiger charge is 2.12. The van der Waals surface area contributed by atoms with E-state index in [1.165, 1.54) is 12.2 Å². The second kappa shape index (κ2) is 7.43. The summed E-state index contributed by atoms with van der Waals surface area (Å²) < 4.78 is 10.0. The van der Waals surface area contributed by atoms with Crippen LogP contribution < -0.4 is 4.74 Å². The summed E-state index contributed by atoms with van der Waals surface area (Å²) in [5.41, 5.74) is 0.956. The minimum absolute atomic E-state index is 0.0265. The molecule has 23 heavy (non-hydrogen) atoms. The molecule has 5 nitrogen and oxygen atoms in total. The Kier molecular flexibility index (Phi) is 5.34. The fourth-order valence-electron chi connectivity index (χ4n) is 1.88. The van der Waals surface area contributed by atoms with Crippen molar-refractivity contribution in [2.45, 2.75) is 0 Å². The number of methoxy groups -OCH3 is 1. The van der Waals surface area contributed by atoms with Gasteiger partial charge in [0.25, 0.3) is 0 Å². The van der Waals surface area contributed by atoms with E-state index in [1.807, 2.05) is 0 Å². The van der Waals surface area contributed by atoms with E-state index < -0.39 is 5.97 Å². The third-order valence-corrected chi connectivity index (χ3v) is 3.28. The number of fused-ring (bicyclic) bond motifs is 1. The highest BCUT2D eigenvalue weighted by atomic mass is 35.5. The molecule has 0 N–H and O–H groups in total. The first-order chi connectivity index (χ1) is 11.1. The van der Waals surface area contributed by atoms with Gasteiger partial charge in [0.1, 0.15) is 29.2 Å². The molecule has 0 spiro atoms. The number of benzene rings is 1. The molecule has 0 aliphatic rings. The van der Waals surface area contributed by atoms with Gasteiger partial charge in [-0.25, -0.2) is 9.78 Å². The number of ether oxygens (including phenoxy) is 2. The molecular weight excluding hydrogens is 316 g/mol. The molecule has 0 saturated carbocycles. The fourth-order valence-corrected chi connectivity index (χ4v) is 2.08. The van der Waals surface area contributed by atoms with E-state index in [0.29, 0.717) is 16.8 Å². The number of pyridine rings is 1. The lowest BCUT2D eigenvalue weighted by Crippen LogP contribution is -2.06. The first-order valence-corrected chi connectivity index (χ1v) is 7.01. The van der Waals surface area contributed by atoms with E-state index in [-0.39, 0.29) is 17.3 Å². The number of halogens is 1. The summed E-state index contributed by atoms with van der Waals surface area (Å²) in [4.78, 5) is 16.0. The third-order valence-electron chi connectivity index (χ3n) is 2.98. The summed E-state index contributed by atoms with van der Waals surface area (Å²) in [6.45, 7) is 3.47. The van der Waals surface area contributed by atoms with Crippen molar-refractivity contribution in [2.75, 3.05) is 13.7 Å². The quantitative estimate of drug-likeness (QED) is 0.276. The van der Waals surface area contributed by atoms with Crippen molar-refractivity contribution in [1.29, 1.82) is 5.26 Å². The van der Waals surface area contributed by atoms with Gasteiger partial charge in [0.15, 0.2) is 0 Å². The monoisotopic (exact) mass is 328 g/mol. The molecule has 6 heteroatoms. The maximum absolute atomic E-state index is 11.8. The second-order valence-electron chi connectivity index (χ2n) is 4.48. The number of carbonyl (C=O) groups is 1. The van der Waals surface area contributed by atoms with Crippen LogP contribution in [-0.4, -0.2) is 24.7 Å². The van der Waals surface area contributed by atoms with Crippen molar-refractivity contribution in [2.24, 2.45) is 0 Å². The number of hydrogen-bond acceptors (Lipinski definition) is 5. The van der Waals surface area contributed by atoms with Gasteiger partial charge >= 0.3 is 5.97 Å². The van der Waals surface area contributed by atoms with E-state index in [9.17, 15) is 4.79 Å². The minimum atomic E-state index is -0.741. The van der Waals surface area contributed by atoms with E-state index >= 15 is 0 Å². The molecule has 1 heterocycles. The van der Waals surface area contributed by atoms with Crippen LogP contribution in [0, 0.1) is 11.3 Å². The Morgan fingerprint density at radius 2 is 2.26 bits per heavy atom. The van der Waals surface area contributed by atoms with E-state index in [2.05, 4.69) is 11.6 Å². The van der Waals surface area contributed by atoms with Crippen molar-refractivity contribution in [3.8, 4) is 11.8 Å². The Morgan fingerprint density at radius 3 is 2.91 bits per heavy atom. The normalized spacial score (nSPS) is 10.9. The summed E-state index contributed by atoms with van der Waals surface area (Å²) >= 11 is 6.12. The Balaban J connectivity index is 2.46. The van der Waals surface area contributed by atoms with Crippen LogP contribution in [0.5, 0.6) is 5.75 Å². The zero-order valence-corrected chi connectivity index (χ0v) is 13.1. The van der Waals surface area contributed by atoms with Crippen LogP contribution in [0.3, 0.4) is 0 Å². The Hall–Kier alpha value is -2.84. The summed E-state index contributed by atoms with van der Waals surface area (Å²) in [7, 11) is 1.56. The summed E-state index contributed by atoms with van der Waals surface area (Å²) in [5.74, 6) is -0.0725. The van der Waals surface area contributed by atoms with Crippen molar-refractivity contribution in [3.63, 3.8) is 0 Å². The number of rotatable bonds is 5. The predicted molar refractivity (Wildman–Crippen MR) is 88.1 cm³/mol. The lowest BCUT2D eigenvalue weighted by atomic mass is 10.1. The van der Waals surface area contributed by atoms with Crippen LogP contribution in [0.2, 0.25) is 5.15 Å². The predicted octanol–water partition coefficient (Wildman–Crippen LogP) is 3.53. The number of nitriles is 1. The van der Waals surface area contributed by atoms with Gasteiger partial charge in [-0.1, -0.05) is 24.3 Å². The lowest BCUT2D eigenvalue weighted by molar-refractivity contribution is -0.137. The second-order valence-corrected chi connectivity index (χ2v) is 4.84. The molecule has 116 valence electrons. The van der Waals surface area contributed by atoms with Crippen LogP contribution >= 0.6 is 11.6 Å². The van der Waals surface area contributed by atoms with Crippen molar-refractivity contribution >= 4 is 34.5 Å². The summed E-state index contributed by atoms with van der Waals surface area (Å²) in [6.07, 6.45) is 2.77. The van der Waals surface area contributed by atoms with Crippen LogP contribution in [-0.2, 0) is 9.53 Å². The van der Waals surface area contributed by atoms with E-state index in [4.69, 9.17) is 26.3 Å². The Bertz CT molecular complexity index is 838. The molecule has 0 fully saturated rings. The SMILES string of the molecule is C=CCOC(=O)/C(C#N)=C/c1cc2cc(OC)ccc2nc1Cl. The topological polar surface area (TPSA) is 72.2 Å². The highest BCUT2D eigenvalue weighted by Crippen LogP contribution is 2.25. The lowest BCUT2D eigenvalue weighted by Gasteiger charge is -2.05. The van der Waals surface area contributed by atoms with Crippen LogP contribution in [0.4, 0.5) is 0 Å².